The van der Waals surface area contributed by atoms with Crippen molar-refractivity contribution in [2.75, 3.05) is 6.54 Å². The highest BCUT2D eigenvalue weighted by Crippen LogP contribution is 2.31. The minimum Gasteiger partial charge on any atom is -0.456 e. The van der Waals surface area contributed by atoms with Gasteiger partial charge in [-0.2, -0.15) is 9.98 Å². The predicted molar refractivity (Wildman–Crippen MR) is 81.4 cm³/mol. The van der Waals surface area contributed by atoms with Crippen LogP contribution in [0, 0.1) is 17.1 Å². The maximum absolute atomic E-state index is 12.8. The van der Waals surface area contributed by atoms with Crippen molar-refractivity contribution in [1.82, 2.24) is 4.72 Å². The van der Waals surface area contributed by atoms with Crippen molar-refractivity contribution in [1.29, 1.82) is 5.26 Å². The van der Waals surface area contributed by atoms with Crippen LogP contribution in [0.25, 0.3) is 0 Å². The highest BCUT2D eigenvalue weighted by Gasteiger charge is 2.15. The molecule has 0 saturated heterocycles. The van der Waals surface area contributed by atoms with Crippen molar-refractivity contribution in [2.24, 2.45) is 0 Å². The van der Waals surface area contributed by atoms with E-state index in [4.69, 9.17) is 10.00 Å². The van der Waals surface area contributed by atoms with Gasteiger partial charge in [-0.15, -0.1) is 0 Å². The summed E-state index contributed by atoms with van der Waals surface area (Å²) < 4.78 is 44.7. The molecule has 8 heteroatoms. The summed E-state index contributed by atoms with van der Waals surface area (Å²) in [4.78, 5) is 0.00100. The summed E-state index contributed by atoms with van der Waals surface area (Å²) in [6.07, 6.45) is 0. The first-order chi connectivity index (χ1) is 10.4. The Balaban J connectivity index is 2.23. The van der Waals surface area contributed by atoms with Crippen LogP contribution in [0.15, 0.2) is 51.8 Å². The highest BCUT2D eigenvalue weighted by atomic mass is 79.9. The van der Waals surface area contributed by atoms with E-state index in [9.17, 15) is 12.8 Å². The molecule has 2 aromatic rings. The van der Waals surface area contributed by atoms with Crippen LogP contribution in [-0.4, -0.2) is 15.0 Å². The summed E-state index contributed by atoms with van der Waals surface area (Å²) in [5.41, 5.74) is 0. The molecule has 0 spiro atoms. The van der Waals surface area contributed by atoms with Gasteiger partial charge < -0.3 is 4.74 Å². The van der Waals surface area contributed by atoms with E-state index in [0.29, 0.717) is 16.0 Å². The zero-order chi connectivity index (χ0) is 16.2. The fourth-order valence-electron chi connectivity index (χ4n) is 1.57. The van der Waals surface area contributed by atoms with E-state index in [1.807, 2.05) is 0 Å². The van der Waals surface area contributed by atoms with Gasteiger partial charge in [-0.05, 0) is 58.4 Å². The molecule has 0 fully saturated rings. The minimum atomic E-state index is -3.75. The third-order valence-electron chi connectivity index (χ3n) is 2.60. The second kappa shape index (κ2) is 6.87. The molecule has 0 aromatic heterocycles. The van der Waals surface area contributed by atoms with Gasteiger partial charge in [0.15, 0.2) is 0 Å². The summed E-state index contributed by atoms with van der Waals surface area (Å²) in [5.74, 6) is 0.419. The molecule has 5 nitrogen and oxygen atoms in total. The van der Waals surface area contributed by atoms with Gasteiger partial charge >= 0.3 is 0 Å². The Morgan fingerprint density at radius 1 is 1.23 bits per heavy atom. The molecular weight excluding hydrogens is 375 g/mol. The molecule has 1 N–H and O–H groups in total. The first-order valence-corrected chi connectivity index (χ1v) is 8.29. The average Bonchev–Trinajstić information content (AvgIpc) is 2.49. The van der Waals surface area contributed by atoms with Crippen LogP contribution >= 0.6 is 15.9 Å². The van der Waals surface area contributed by atoms with Gasteiger partial charge in [-0.3, -0.25) is 0 Å². The summed E-state index contributed by atoms with van der Waals surface area (Å²) in [7, 11) is -3.75. The lowest BCUT2D eigenvalue weighted by Gasteiger charge is -2.10. The zero-order valence-electron chi connectivity index (χ0n) is 11.1. The third kappa shape index (κ3) is 4.04. The smallest absolute Gasteiger partial charge is 0.241 e. The molecule has 0 heterocycles. The maximum Gasteiger partial charge on any atom is 0.241 e. The average molecular weight is 385 g/mol. The fraction of sp³-hybridized carbons (Fsp3) is 0.0714. The maximum atomic E-state index is 12.8. The number of hydrogen-bond donors (Lipinski definition) is 1. The van der Waals surface area contributed by atoms with E-state index in [1.165, 1.54) is 42.5 Å². The number of nitrogens with zero attached hydrogens (tertiary/aromatic N) is 1. The number of ether oxygens (including phenoxy) is 1. The van der Waals surface area contributed by atoms with E-state index in [1.54, 1.807) is 6.07 Å². The van der Waals surface area contributed by atoms with Gasteiger partial charge in [0.2, 0.25) is 10.0 Å². The van der Waals surface area contributed by atoms with E-state index < -0.39 is 10.0 Å². The topological polar surface area (TPSA) is 79.2 Å². The first-order valence-electron chi connectivity index (χ1n) is 6.02. The molecule has 2 rings (SSSR count). The van der Waals surface area contributed by atoms with Crippen LogP contribution in [0.5, 0.6) is 11.5 Å². The van der Waals surface area contributed by atoms with Crippen molar-refractivity contribution < 1.29 is 17.5 Å². The molecule has 0 amide bonds. The molecule has 0 aliphatic rings. The molecule has 0 bridgehead atoms. The van der Waals surface area contributed by atoms with Gasteiger partial charge in [-0.1, -0.05) is 0 Å². The van der Waals surface area contributed by atoms with Gasteiger partial charge in [0.25, 0.3) is 0 Å². The largest absolute Gasteiger partial charge is 0.456 e. The normalized spacial score (nSPS) is 11.0. The SMILES string of the molecule is N#CCNS(=O)(=O)c1ccc(Oc2ccc(F)cc2)c(Br)c1. The number of nitrogens with one attached hydrogen (secondary N) is 1. The Kier molecular flexibility index (Phi) is 5.13. The minimum absolute atomic E-state index is 0.00100. The van der Waals surface area contributed by atoms with Gasteiger partial charge in [-0.25, -0.2) is 12.8 Å². The van der Waals surface area contributed by atoms with Crippen LogP contribution < -0.4 is 9.46 Å². The molecular formula is C14H10BrFN2O3S. The molecule has 0 atom stereocenters. The Hall–Kier alpha value is -1.95. The Bertz CT molecular complexity index is 817. The quantitative estimate of drug-likeness (QED) is 0.802. The molecule has 0 radical (unpaired) electrons. The van der Waals surface area contributed by atoms with Crippen LogP contribution in [0.1, 0.15) is 0 Å². The summed E-state index contributed by atoms with van der Waals surface area (Å²) in [6, 6.07) is 11.3. The lowest BCUT2D eigenvalue weighted by atomic mass is 10.3. The molecule has 0 aliphatic heterocycles. The van der Waals surface area contributed by atoms with E-state index in [2.05, 4.69) is 20.7 Å². The number of benzene rings is 2. The standard InChI is InChI=1S/C14H10BrFN2O3S/c15-13-9-12(22(19,20)18-8-7-17)5-6-14(13)21-11-3-1-10(16)2-4-11/h1-6,9,18H,8H2. The lowest BCUT2D eigenvalue weighted by Crippen LogP contribution is -2.23. The van der Waals surface area contributed by atoms with Crippen molar-refractivity contribution in [2.45, 2.75) is 4.90 Å². The number of rotatable bonds is 5. The summed E-state index contributed by atoms with van der Waals surface area (Å²) in [5, 5.41) is 8.43. The lowest BCUT2D eigenvalue weighted by molar-refractivity contribution is 0.477. The molecule has 0 aliphatic carbocycles. The molecule has 0 unspecified atom stereocenters. The molecule has 22 heavy (non-hydrogen) atoms. The Morgan fingerprint density at radius 3 is 2.50 bits per heavy atom. The number of nitriles is 1. The Labute approximate surface area is 135 Å². The van der Waals surface area contributed by atoms with E-state index in [0.717, 1.165) is 0 Å². The highest BCUT2D eigenvalue weighted by molar-refractivity contribution is 9.10. The van der Waals surface area contributed by atoms with Gasteiger partial charge in [0, 0.05) is 0 Å². The summed E-state index contributed by atoms with van der Waals surface area (Å²) in [6.45, 7) is -0.312. The second-order valence-electron chi connectivity index (χ2n) is 4.13. The van der Waals surface area contributed by atoms with E-state index >= 15 is 0 Å². The van der Waals surface area contributed by atoms with Crippen LogP contribution in [0.3, 0.4) is 0 Å². The number of sulfonamides is 1. The predicted octanol–water partition coefficient (Wildman–Crippen LogP) is 3.18. The van der Waals surface area contributed by atoms with Crippen molar-refractivity contribution in [3.63, 3.8) is 0 Å². The summed E-state index contributed by atoms with van der Waals surface area (Å²) >= 11 is 3.22. The first kappa shape index (κ1) is 16.4. The van der Waals surface area contributed by atoms with Crippen LogP contribution in [0.2, 0.25) is 0 Å². The number of hydrogen-bond acceptors (Lipinski definition) is 4. The van der Waals surface area contributed by atoms with Crippen LogP contribution in [-0.2, 0) is 10.0 Å². The van der Waals surface area contributed by atoms with E-state index in [-0.39, 0.29) is 17.3 Å². The molecule has 114 valence electrons. The van der Waals surface area contributed by atoms with Crippen molar-refractivity contribution in [3.8, 4) is 17.6 Å². The molecule has 0 saturated carbocycles. The Morgan fingerprint density at radius 2 is 1.91 bits per heavy atom. The molecule has 2 aromatic carbocycles. The van der Waals surface area contributed by atoms with Crippen molar-refractivity contribution in [3.05, 3.63) is 52.8 Å². The fourth-order valence-corrected chi connectivity index (χ4v) is 3.12. The third-order valence-corrected chi connectivity index (χ3v) is 4.61. The zero-order valence-corrected chi connectivity index (χ0v) is 13.5. The number of halogens is 2. The monoisotopic (exact) mass is 384 g/mol. The second-order valence-corrected chi connectivity index (χ2v) is 6.75. The van der Waals surface area contributed by atoms with Gasteiger partial charge in [0.1, 0.15) is 17.3 Å². The van der Waals surface area contributed by atoms with Crippen LogP contribution in [0.4, 0.5) is 4.39 Å². The van der Waals surface area contributed by atoms with Gasteiger partial charge in [0.05, 0.1) is 22.0 Å². The van der Waals surface area contributed by atoms with Crippen molar-refractivity contribution >= 4 is 26.0 Å².